The summed E-state index contributed by atoms with van der Waals surface area (Å²) in [6.07, 6.45) is 2.83. The molecule has 1 atom stereocenters. The van der Waals surface area contributed by atoms with Crippen LogP contribution in [0.4, 0.5) is 0 Å². The average Bonchev–Trinajstić information content (AvgIpc) is 3.31. The molecule has 1 aliphatic rings. The number of halogens is 1. The lowest BCUT2D eigenvalue weighted by Crippen LogP contribution is -2.47. The zero-order valence-corrected chi connectivity index (χ0v) is 21.6. The van der Waals surface area contributed by atoms with Gasteiger partial charge >= 0.3 is 0 Å². The number of aromatic nitrogens is 1. The number of hydrogen-bond donors (Lipinski definition) is 1. The quantitative estimate of drug-likeness (QED) is 0.374. The fourth-order valence-corrected chi connectivity index (χ4v) is 6.19. The Hall–Kier alpha value is -3.20. The van der Waals surface area contributed by atoms with Crippen LogP contribution >= 0.6 is 23.7 Å². The van der Waals surface area contributed by atoms with Gasteiger partial charge in [0, 0.05) is 30.1 Å². The Bertz CT molecular complexity index is 1480. The molecule has 1 saturated heterocycles. The highest BCUT2D eigenvalue weighted by Gasteiger charge is 2.32. The van der Waals surface area contributed by atoms with Crippen LogP contribution in [0, 0.1) is 0 Å². The minimum atomic E-state index is -0.343. The molecule has 0 bridgehead atoms. The van der Waals surface area contributed by atoms with E-state index in [1.54, 1.807) is 24.3 Å². The van der Waals surface area contributed by atoms with Gasteiger partial charge in [0.05, 0.1) is 23.9 Å². The van der Waals surface area contributed by atoms with Crippen molar-refractivity contribution >= 4 is 56.4 Å². The van der Waals surface area contributed by atoms with E-state index < -0.39 is 0 Å². The van der Waals surface area contributed by atoms with Crippen molar-refractivity contribution in [1.29, 1.82) is 0 Å². The van der Waals surface area contributed by atoms with Crippen LogP contribution in [0.3, 0.4) is 0 Å². The molecule has 0 radical (unpaired) electrons. The van der Waals surface area contributed by atoms with Crippen molar-refractivity contribution in [2.75, 3.05) is 20.2 Å². The molecule has 2 aromatic heterocycles. The van der Waals surface area contributed by atoms with Crippen LogP contribution in [-0.2, 0) is 6.54 Å². The summed E-state index contributed by atoms with van der Waals surface area (Å²) in [6.45, 7) is 0.924. The molecule has 0 aliphatic carbocycles. The average molecular weight is 526 g/mol. The van der Waals surface area contributed by atoms with Crippen molar-refractivity contribution in [2.45, 2.75) is 31.8 Å². The van der Waals surface area contributed by atoms with Gasteiger partial charge in [0.15, 0.2) is 11.5 Å². The van der Waals surface area contributed by atoms with Crippen molar-refractivity contribution in [1.82, 2.24) is 9.47 Å². The zero-order valence-electron chi connectivity index (χ0n) is 19.9. The first kappa shape index (κ1) is 25.9. The number of ketones is 1. The largest absolute Gasteiger partial charge is 0.494 e. The SMILES string of the molecule is COc1c(C(=O)N2CCCCC2CN)sc2c1c(=O)n(CC(=O)c1ccccc1)c1ccccc21.Cl. The molecule has 1 aliphatic heterocycles. The van der Waals surface area contributed by atoms with Gasteiger partial charge in [-0.2, -0.15) is 0 Å². The molecule has 1 unspecified atom stereocenters. The molecule has 188 valence electrons. The minimum Gasteiger partial charge on any atom is -0.494 e. The number of pyridine rings is 1. The van der Waals surface area contributed by atoms with Crippen LogP contribution in [0.1, 0.15) is 39.3 Å². The topological polar surface area (TPSA) is 94.6 Å². The molecule has 7 nitrogen and oxygen atoms in total. The predicted octanol–water partition coefficient (Wildman–Crippen LogP) is 4.48. The van der Waals surface area contributed by atoms with Crippen LogP contribution < -0.4 is 16.0 Å². The number of likely N-dealkylation sites (tertiary alicyclic amines) is 1. The van der Waals surface area contributed by atoms with E-state index in [-0.39, 0.29) is 48.0 Å². The van der Waals surface area contributed by atoms with E-state index in [0.717, 1.165) is 24.6 Å². The molecular weight excluding hydrogens is 498 g/mol. The number of piperidine rings is 1. The maximum Gasteiger partial charge on any atom is 0.268 e. The molecule has 1 amide bonds. The number of para-hydroxylation sites is 1. The number of rotatable bonds is 6. The highest BCUT2D eigenvalue weighted by atomic mass is 35.5. The molecule has 3 heterocycles. The summed E-state index contributed by atoms with van der Waals surface area (Å²) in [4.78, 5) is 42.7. The van der Waals surface area contributed by atoms with Crippen LogP contribution in [0.5, 0.6) is 5.75 Å². The molecule has 1 fully saturated rings. The molecule has 36 heavy (non-hydrogen) atoms. The first-order valence-electron chi connectivity index (χ1n) is 11.8. The zero-order chi connectivity index (χ0) is 24.5. The Morgan fingerprint density at radius 1 is 1.08 bits per heavy atom. The third kappa shape index (κ3) is 4.40. The van der Waals surface area contributed by atoms with Crippen molar-refractivity contribution < 1.29 is 14.3 Å². The molecule has 0 spiro atoms. The number of ether oxygens (including phenoxy) is 1. The van der Waals surface area contributed by atoms with E-state index in [1.165, 1.54) is 23.0 Å². The van der Waals surface area contributed by atoms with Crippen LogP contribution in [0.15, 0.2) is 59.4 Å². The molecule has 5 rings (SSSR count). The Morgan fingerprint density at radius 3 is 2.53 bits per heavy atom. The van der Waals surface area contributed by atoms with Gasteiger partial charge in [-0.1, -0.05) is 48.5 Å². The van der Waals surface area contributed by atoms with Crippen LogP contribution in [0.25, 0.3) is 21.0 Å². The Balaban J connectivity index is 0.00000304. The summed E-state index contributed by atoms with van der Waals surface area (Å²) in [5.74, 6) is -0.0524. The van der Waals surface area contributed by atoms with Gasteiger partial charge in [0.2, 0.25) is 0 Å². The van der Waals surface area contributed by atoms with Crippen molar-refractivity contribution in [2.24, 2.45) is 5.73 Å². The van der Waals surface area contributed by atoms with E-state index in [1.807, 2.05) is 35.2 Å². The van der Waals surface area contributed by atoms with Crippen molar-refractivity contribution in [3.8, 4) is 5.75 Å². The maximum absolute atomic E-state index is 13.8. The standard InChI is InChI=1S/C27H27N3O4S.ClH/c1-34-23-22-24(35-25(23)27(33)29-14-8-7-11-18(29)15-28)19-12-5-6-13-20(19)30(26(22)32)16-21(31)17-9-3-2-4-10-17;/h2-6,9-10,12-13,18H,7-8,11,14-16,28H2,1H3;1H. The minimum absolute atomic E-state index is 0. The predicted molar refractivity (Wildman–Crippen MR) is 146 cm³/mol. The van der Waals surface area contributed by atoms with Gasteiger partial charge in [0.1, 0.15) is 10.3 Å². The maximum atomic E-state index is 13.8. The lowest BCUT2D eigenvalue weighted by molar-refractivity contribution is 0.0625. The highest BCUT2D eigenvalue weighted by Crippen LogP contribution is 2.40. The Labute approximate surface area is 218 Å². The second-order valence-corrected chi connectivity index (χ2v) is 9.77. The normalized spacial score (nSPS) is 15.6. The van der Waals surface area contributed by atoms with E-state index >= 15 is 0 Å². The third-order valence-electron chi connectivity index (χ3n) is 6.72. The fourth-order valence-electron chi connectivity index (χ4n) is 4.94. The summed E-state index contributed by atoms with van der Waals surface area (Å²) in [7, 11) is 1.48. The first-order valence-corrected chi connectivity index (χ1v) is 12.6. The van der Waals surface area contributed by atoms with Gasteiger partial charge in [-0.25, -0.2) is 0 Å². The van der Waals surface area contributed by atoms with E-state index in [9.17, 15) is 14.4 Å². The lowest BCUT2D eigenvalue weighted by atomic mass is 10.0. The number of methoxy groups -OCH3 is 1. The van der Waals surface area contributed by atoms with Crippen LogP contribution in [0.2, 0.25) is 0 Å². The Kier molecular flexibility index (Phi) is 7.78. The molecule has 0 saturated carbocycles. The van der Waals surface area contributed by atoms with Crippen LogP contribution in [-0.4, -0.2) is 47.4 Å². The number of Topliss-reactive ketones (excluding diaryl/α,β-unsaturated/α-hetero) is 1. The number of benzene rings is 2. The number of nitrogens with zero attached hydrogens (tertiary/aromatic N) is 2. The molecular formula is C27H28ClN3O4S. The van der Waals surface area contributed by atoms with E-state index in [4.69, 9.17) is 10.5 Å². The van der Waals surface area contributed by atoms with Crippen molar-refractivity contribution in [3.05, 3.63) is 75.4 Å². The number of amides is 1. The monoisotopic (exact) mass is 525 g/mol. The number of nitrogens with two attached hydrogens (primary N) is 1. The summed E-state index contributed by atoms with van der Waals surface area (Å²) in [6, 6.07) is 16.4. The van der Waals surface area contributed by atoms with Gasteiger partial charge in [-0.3, -0.25) is 19.0 Å². The van der Waals surface area contributed by atoms with Gasteiger partial charge in [-0.05, 0) is 25.3 Å². The van der Waals surface area contributed by atoms with Crippen molar-refractivity contribution in [3.63, 3.8) is 0 Å². The summed E-state index contributed by atoms with van der Waals surface area (Å²) in [5.41, 5.74) is 6.80. The first-order chi connectivity index (χ1) is 17.0. The van der Waals surface area contributed by atoms with Gasteiger partial charge < -0.3 is 15.4 Å². The smallest absolute Gasteiger partial charge is 0.268 e. The fraction of sp³-hybridized carbons (Fsp3) is 0.296. The lowest BCUT2D eigenvalue weighted by Gasteiger charge is -2.34. The molecule has 2 aromatic carbocycles. The highest BCUT2D eigenvalue weighted by molar-refractivity contribution is 7.22. The summed E-state index contributed by atoms with van der Waals surface area (Å²) >= 11 is 1.28. The van der Waals surface area contributed by atoms with E-state index in [0.29, 0.717) is 39.1 Å². The number of carbonyl (C=O) groups excluding carboxylic acids is 2. The number of fused-ring (bicyclic) bond motifs is 3. The second-order valence-electron chi connectivity index (χ2n) is 8.75. The molecule has 2 N–H and O–H groups in total. The molecule has 4 aromatic rings. The Morgan fingerprint density at radius 2 is 1.81 bits per heavy atom. The van der Waals surface area contributed by atoms with E-state index in [2.05, 4.69) is 0 Å². The number of carbonyl (C=O) groups is 2. The molecule has 9 heteroatoms. The van der Waals surface area contributed by atoms with Gasteiger partial charge in [0.25, 0.3) is 11.5 Å². The summed E-state index contributed by atoms with van der Waals surface area (Å²) in [5, 5.41) is 1.14. The second kappa shape index (κ2) is 10.8. The summed E-state index contributed by atoms with van der Waals surface area (Å²) < 4.78 is 7.86. The van der Waals surface area contributed by atoms with Gasteiger partial charge in [-0.15, -0.1) is 23.7 Å². The number of thiophene rings is 1. The third-order valence-corrected chi connectivity index (χ3v) is 7.91. The number of hydrogen-bond acceptors (Lipinski definition) is 6.